The topological polar surface area (TPSA) is 55.6 Å². The second-order valence-corrected chi connectivity index (χ2v) is 4.65. The molecule has 0 saturated heterocycles. The number of rotatable bonds is 6. The first-order chi connectivity index (χ1) is 9.69. The molecule has 0 saturated carbocycles. The van der Waals surface area contributed by atoms with Gasteiger partial charge >= 0.3 is 0 Å². The first kappa shape index (κ1) is 14.4. The second-order valence-electron chi connectivity index (χ2n) is 4.65. The summed E-state index contributed by atoms with van der Waals surface area (Å²) in [7, 11) is 0. The maximum absolute atomic E-state index is 12.3. The number of carbonyl (C=O) groups excluding carboxylic acids is 1. The Labute approximate surface area is 119 Å². The Balaban J connectivity index is 2.36. The fourth-order valence-corrected chi connectivity index (χ4v) is 2.16. The summed E-state index contributed by atoms with van der Waals surface area (Å²) in [5, 5.41) is 2.93. The zero-order valence-corrected chi connectivity index (χ0v) is 12.3. The van der Waals surface area contributed by atoms with E-state index in [1.165, 1.54) is 0 Å². The maximum atomic E-state index is 12.3. The van der Waals surface area contributed by atoms with E-state index in [0.717, 1.165) is 12.8 Å². The first-order valence-electron chi connectivity index (χ1n) is 7.07. The fourth-order valence-electron chi connectivity index (χ4n) is 2.16. The Bertz CT molecular complexity index is 604. The van der Waals surface area contributed by atoms with Crippen molar-refractivity contribution in [3.05, 3.63) is 29.7 Å². The van der Waals surface area contributed by atoms with Gasteiger partial charge in [-0.15, -0.1) is 0 Å². The highest BCUT2D eigenvalue weighted by Gasteiger charge is 2.18. The lowest BCUT2D eigenvalue weighted by Gasteiger charge is -2.07. The number of carbonyl (C=O) groups is 1. The van der Waals surface area contributed by atoms with Gasteiger partial charge < -0.3 is 10.1 Å². The van der Waals surface area contributed by atoms with Gasteiger partial charge in [-0.2, -0.15) is 0 Å². The van der Waals surface area contributed by atoms with E-state index in [2.05, 4.69) is 17.2 Å². The van der Waals surface area contributed by atoms with Gasteiger partial charge in [0.15, 0.2) is 11.4 Å². The molecule has 0 aliphatic rings. The molecule has 0 unspecified atom stereocenters. The number of hydrogen-bond donors (Lipinski definition) is 1. The molecule has 5 nitrogen and oxygen atoms in total. The molecule has 0 spiro atoms. The van der Waals surface area contributed by atoms with Crippen molar-refractivity contribution in [2.45, 2.75) is 33.6 Å². The van der Waals surface area contributed by atoms with Crippen LogP contribution >= 0.6 is 0 Å². The van der Waals surface area contributed by atoms with E-state index in [4.69, 9.17) is 4.74 Å². The second kappa shape index (κ2) is 6.41. The van der Waals surface area contributed by atoms with Gasteiger partial charge in [-0.1, -0.05) is 13.3 Å². The summed E-state index contributed by atoms with van der Waals surface area (Å²) in [6.45, 7) is 7.13. The van der Waals surface area contributed by atoms with Gasteiger partial charge in [0.25, 0.3) is 5.91 Å². The standard InChI is InChI=1S/C15H21N3O2/c1-4-6-9-16-15(19)13-11(3)17-14-12(20-5-2)8-7-10-18(13)14/h7-8,10H,4-6,9H2,1-3H3,(H,16,19). The molecule has 0 atom stereocenters. The first-order valence-corrected chi connectivity index (χ1v) is 7.07. The number of imidazole rings is 1. The highest BCUT2D eigenvalue weighted by atomic mass is 16.5. The van der Waals surface area contributed by atoms with E-state index < -0.39 is 0 Å². The van der Waals surface area contributed by atoms with Gasteiger partial charge in [0.1, 0.15) is 5.69 Å². The van der Waals surface area contributed by atoms with Crippen LogP contribution < -0.4 is 10.1 Å². The average Bonchev–Trinajstić information content (AvgIpc) is 2.76. The van der Waals surface area contributed by atoms with Crippen molar-refractivity contribution in [2.75, 3.05) is 13.2 Å². The number of ether oxygens (including phenoxy) is 1. The van der Waals surface area contributed by atoms with Crippen LogP contribution in [0.4, 0.5) is 0 Å². The highest BCUT2D eigenvalue weighted by molar-refractivity contribution is 5.94. The summed E-state index contributed by atoms with van der Waals surface area (Å²) in [6, 6.07) is 3.73. The van der Waals surface area contributed by atoms with Crippen LogP contribution in [-0.2, 0) is 0 Å². The number of aryl methyl sites for hydroxylation is 1. The van der Waals surface area contributed by atoms with E-state index >= 15 is 0 Å². The summed E-state index contributed by atoms with van der Waals surface area (Å²) in [5.41, 5.74) is 1.98. The van der Waals surface area contributed by atoms with Gasteiger partial charge in [-0.05, 0) is 32.4 Å². The molecular weight excluding hydrogens is 254 g/mol. The largest absolute Gasteiger partial charge is 0.490 e. The van der Waals surface area contributed by atoms with E-state index in [-0.39, 0.29) is 5.91 Å². The van der Waals surface area contributed by atoms with E-state index in [0.29, 0.717) is 35.9 Å². The molecule has 0 aliphatic carbocycles. The van der Waals surface area contributed by atoms with Crippen LogP contribution in [0.15, 0.2) is 18.3 Å². The van der Waals surface area contributed by atoms with Crippen molar-refractivity contribution >= 4 is 11.6 Å². The van der Waals surface area contributed by atoms with Crippen LogP contribution in [0.25, 0.3) is 5.65 Å². The number of fused-ring (bicyclic) bond motifs is 1. The SMILES string of the molecule is CCCCNC(=O)c1c(C)nc2c(OCC)cccn12. The zero-order chi connectivity index (χ0) is 14.5. The molecule has 1 N–H and O–H groups in total. The smallest absolute Gasteiger partial charge is 0.270 e. The minimum Gasteiger partial charge on any atom is -0.490 e. The molecule has 2 aromatic rings. The molecule has 108 valence electrons. The Kier molecular flexibility index (Phi) is 4.61. The van der Waals surface area contributed by atoms with Gasteiger partial charge in [-0.3, -0.25) is 9.20 Å². The summed E-state index contributed by atoms with van der Waals surface area (Å²) < 4.78 is 7.34. The predicted molar refractivity (Wildman–Crippen MR) is 78.3 cm³/mol. The van der Waals surface area contributed by atoms with Crippen molar-refractivity contribution < 1.29 is 9.53 Å². The molecule has 0 aliphatic heterocycles. The van der Waals surface area contributed by atoms with E-state index in [1.807, 2.05) is 32.2 Å². The van der Waals surface area contributed by atoms with Crippen molar-refractivity contribution in [1.82, 2.24) is 14.7 Å². The number of nitrogens with zero attached hydrogens (tertiary/aromatic N) is 2. The molecule has 5 heteroatoms. The van der Waals surface area contributed by atoms with E-state index in [9.17, 15) is 4.79 Å². The number of nitrogens with one attached hydrogen (secondary N) is 1. The molecule has 0 aromatic carbocycles. The number of unbranched alkanes of at least 4 members (excludes halogenated alkanes) is 1. The number of pyridine rings is 1. The third-order valence-corrected chi connectivity index (χ3v) is 3.12. The quantitative estimate of drug-likeness (QED) is 0.824. The molecule has 0 radical (unpaired) electrons. The summed E-state index contributed by atoms with van der Waals surface area (Å²) >= 11 is 0. The number of hydrogen-bond acceptors (Lipinski definition) is 3. The zero-order valence-electron chi connectivity index (χ0n) is 12.3. The molecule has 0 bridgehead atoms. The molecule has 2 rings (SSSR count). The molecule has 1 amide bonds. The van der Waals surface area contributed by atoms with Gasteiger partial charge in [-0.25, -0.2) is 4.98 Å². The molecule has 0 fully saturated rings. The van der Waals surface area contributed by atoms with Crippen molar-refractivity contribution in [1.29, 1.82) is 0 Å². The van der Waals surface area contributed by atoms with Gasteiger partial charge in [0, 0.05) is 12.7 Å². The fraction of sp³-hybridized carbons (Fsp3) is 0.467. The highest BCUT2D eigenvalue weighted by Crippen LogP contribution is 2.21. The van der Waals surface area contributed by atoms with Crippen LogP contribution in [0.3, 0.4) is 0 Å². The lowest BCUT2D eigenvalue weighted by atomic mass is 10.3. The Hall–Kier alpha value is -2.04. The van der Waals surface area contributed by atoms with Gasteiger partial charge in [0.05, 0.1) is 12.3 Å². The van der Waals surface area contributed by atoms with Crippen LogP contribution in [0.5, 0.6) is 5.75 Å². The van der Waals surface area contributed by atoms with Gasteiger partial charge in [0.2, 0.25) is 0 Å². The Morgan fingerprint density at radius 3 is 2.95 bits per heavy atom. The lowest BCUT2D eigenvalue weighted by molar-refractivity contribution is 0.0946. The Morgan fingerprint density at radius 2 is 2.25 bits per heavy atom. The van der Waals surface area contributed by atoms with Crippen LogP contribution in [-0.4, -0.2) is 28.4 Å². The average molecular weight is 275 g/mol. The molecule has 2 heterocycles. The van der Waals surface area contributed by atoms with Crippen LogP contribution in [0.1, 0.15) is 42.9 Å². The lowest BCUT2D eigenvalue weighted by Crippen LogP contribution is -2.26. The predicted octanol–water partition coefficient (Wildman–Crippen LogP) is 2.57. The summed E-state index contributed by atoms with van der Waals surface area (Å²) in [6.07, 6.45) is 3.87. The minimum absolute atomic E-state index is 0.0860. The van der Waals surface area contributed by atoms with Crippen LogP contribution in [0.2, 0.25) is 0 Å². The molecule has 2 aromatic heterocycles. The minimum atomic E-state index is -0.0860. The molecular formula is C15H21N3O2. The third kappa shape index (κ3) is 2.76. The Morgan fingerprint density at radius 1 is 1.45 bits per heavy atom. The summed E-state index contributed by atoms with van der Waals surface area (Å²) in [5.74, 6) is 0.614. The molecule has 20 heavy (non-hydrogen) atoms. The third-order valence-electron chi connectivity index (χ3n) is 3.12. The monoisotopic (exact) mass is 275 g/mol. The normalized spacial score (nSPS) is 10.8. The number of amides is 1. The van der Waals surface area contributed by atoms with Crippen molar-refractivity contribution in [3.8, 4) is 5.75 Å². The maximum Gasteiger partial charge on any atom is 0.270 e. The number of aromatic nitrogens is 2. The van der Waals surface area contributed by atoms with Crippen LogP contribution in [0, 0.1) is 6.92 Å². The van der Waals surface area contributed by atoms with Crippen molar-refractivity contribution in [3.63, 3.8) is 0 Å². The van der Waals surface area contributed by atoms with Crippen molar-refractivity contribution in [2.24, 2.45) is 0 Å². The summed E-state index contributed by atoms with van der Waals surface area (Å²) in [4.78, 5) is 16.7. The van der Waals surface area contributed by atoms with E-state index in [1.54, 1.807) is 4.40 Å².